The number of rotatable bonds is 3. The molecule has 19 heavy (non-hydrogen) atoms. The molecule has 0 radical (unpaired) electrons. The summed E-state index contributed by atoms with van der Waals surface area (Å²) in [6.45, 7) is 1.70. The first-order valence-electron chi connectivity index (χ1n) is 5.34. The van der Waals surface area contributed by atoms with Gasteiger partial charge in [-0.25, -0.2) is 4.79 Å². The van der Waals surface area contributed by atoms with Gasteiger partial charge in [0, 0.05) is 11.9 Å². The van der Waals surface area contributed by atoms with Crippen LogP contribution in [-0.4, -0.2) is 27.5 Å². The van der Waals surface area contributed by atoms with Crippen molar-refractivity contribution in [3.63, 3.8) is 0 Å². The number of carboxylic acid groups (broad SMARTS) is 1. The average molecular weight is 260 g/mol. The molecule has 2 aromatic rings. The Balaban J connectivity index is 2.37. The molecule has 1 aromatic heterocycles. The summed E-state index contributed by atoms with van der Waals surface area (Å²) in [5, 5.41) is 25.1. The second-order valence-corrected chi connectivity index (χ2v) is 3.86. The van der Waals surface area contributed by atoms with E-state index >= 15 is 0 Å². The first-order chi connectivity index (χ1) is 8.99. The Hall–Kier alpha value is -2.83. The Morgan fingerprint density at radius 1 is 1.42 bits per heavy atom. The fourth-order valence-electron chi connectivity index (χ4n) is 1.52. The zero-order valence-electron chi connectivity index (χ0n) is 9.93. The smallest absolute Gasteiger partial charge is 0.335 e. The van der Waals surface area contributed by atoms with Gasteiger partial charge in [0.15, 0.2) is 0 Å². The molecule has 0 aliphatic carbocycles. The molecule has 1 heterocycles. The molecule has 0 fully saturated rings. The molecule has 0 spiro atoms. The summed E-state index contributed by atoms with van der Waals surface area (Å²) < 4.78 is 0. The van der Waals surface area contributed by atoms with Crippen LogP contribution in [0.15, 0.2) is 28.0 Å². The minimum atomic E-state index is -1.31. The van der Waals surface area contributed by atoms with Crippen LogP contribution in [0.2, 0.25) is 0 Å². The SMILES string of the molecule is Cc1[nH][nH]c(=O)c1C=Nc1ccc([O-])c(C(=O)O)c1. The summed E-state index contributed by atoms with van der Waals surface area (Å²) in [5.74, 6) is -1.89. The van der Waals surface area contributed by atoms with Crippen LogP contribution >= 0.6 is 0 Å². The summed E-state index contributed by atoms with van der Waals surface area (Å²) in [5.41, 5.74) is 0.585. The van der Waals surface area contributed by atoms with E-state index in [1.54, 1.807) is 6.92 Å². The summed E-state index contributed by atoms with van der Waals surface area (Å²) >= 11 is 0. The molecule has 98 valence electrons. The Bertz CT molecular complexity index is 712. The van der Waals surface area contributed by atoms with Gasteiger partial charge in [-0.05, 0) is 19.1 Å². The van der Waals surface area contributed by atoms with Crippen molar-refractivity contribution in [1.82, 2.24) is 10.2 Å². The lowest BCUT2D eigenvalue weighted by atomic mass is 10.2. The van der Waals surface area contributed by atoms with E-state index in [1.165, 1.54) is 12.3 Å². The van der Waals surface area contributed by atoms with Crippen LogP contribution < -0.4 is 10.7 Å². The first kappa shape index (κ1) is 12.6. The molecule has 0 unspecified atom stereocenters. The number of aliphatic imine (C=N–C) groups is 1. The number of nitrogens with zero attached hydrogens (tertiary/aromatic N) is 1. The van der Waals surface area contributed by atoms with E-state index in [0.29, 0.717) is 11.3 Å². The van der Waals surface area contributed by atoms with Crippen molar-refractivity contribution in [1.29, 1.82) is 0 Å². The second-order valence-electron chi connectivity index (χ2n) is 3.86. The number of carboxylic acids is 1. The molecule has 3 N–H and O–H groups in total. The summed E-state index contributed by atoms with van der Waals surface area (Å²) in [6.07, 6.45) is 1.32. The first-order valence-corrected chi connectivity index (χ1v) is 5.34. The highest BCUT2D eigenvalue weighted by atomic mass is 16.4. The number of aryl methyl sites for hydroxylation is 1. The van der Waals surface area contributed by atoms with Crippen molar-refractivity contribution in [2.75, 3.05) is 0 Å². The number of carbonyl (C=O) groups is 1. The Morgan fingerprint density at radius 2 is 2.16 bits per heavy atom. The largest absolute Gasteiger partial charge is 0.872 e. The zero-order valence-corrected chi connectivity index (χ0v) is 9.93. The van der Waals surface area contributed by atoms with E-state index in [0.717, 1.165) is 12.1 Å². The van der Waals surface area contributed by atoms with Crippen molar-refractivity contribution in [3.05, 3.63) is 45.4 Å². The second kappa shape index (κ2) is 4.81. The number of benzene rings is 1. The molecule has 0 atom stereocenters. The van der Waals surface area contributed by atoms with Crippen LogP contribution in [0, 0.1) is 6.92 Å². The summed E-state index contributed by atoms with van der Waals surface area (Å²) in [7, 11) is 0. The standard InChI is InChI=1S/C12H11N3O4/c1-6-9(11(17)15-14-6)5-13-7-2-3-10(16)8(4-7)12(18)19/h2-5,16H,1H3,(H,18,19)(H2,14,15,17)/p-1. The zero-order chi connectivity index (χ0) is 14.0. The molecular weight excluding hydrogens is 250 g/mol. The van der Waals surface area contributed by atoms with Crippen LogP contribution in [0.25, 0.3) is 0 Å². The van der Waals surface area contributed by atoms with Gasteiger partial charge in [0.25, 0.3) is 5.56 Å². The van der Waals surface area contributed by atoms with E-state index in [1.807, 2.05) is 0 Å². The molecule has 7 nitrogen and oxygen atoms in total. The molecule has 0 saturated carbocycles. The van der Waals surface area contributed by atoms with Gasteiger partial charge in [-0.3, -0.25) is 14.9 Å². The minimum Gasteiger partial charge on any atom is -0.872 e. The topological polar surface area (TPSA) is 121 Å². The maximum Gasteiger partial charge on any atom is 0.335 e. The maximum absolute atomic E-state index is 11.4. The fourth-order valence-corrected chi connectivity index (χ4v) is 1.52. The normalized spacial score (nSPS) is 11.0. The Labute approximate surface area is 107 Å². The van der Waals surface area contributed by atoms with E-state index in [4.69, 9.17) is 5.11 Å². The third kappa shape index (κ3) is 2.54. The monoisotopic (exact) mass is 260 g/mol. The molecule has 0 aliphatic rings. The van der Waals surface area contributed by atoms with Crippen LogP contribution in [0.5, 0.6) is 5.75 Å². The van der Waals surface area contributed by atoms with E-state index in [9.17, 15) is 14.7 Å². The molecular formula is C12H10N3O4-. The number of hydrogen-bond donors (Lipinski definition) is 3. The quantitative estimate of drug-likeness (QED) is 0.697. The molecule has 7 heteroatoms. The lowest BCUT2D eigenvalue weighted by molar-refractivity contribution is -0.268. The van der Waals surface area contributed by atoms with Gasteiger partial charge in [0.2, 0.25) is 0 Å². The molecule has 0 bridgehead atoms. The van der Waals surface area contributed by atoms with Crippen LogP contribution in [0.3, 0.4) is 0 Å². The van der Waals surface area contributed by atoms with Crippen LogP contribution in [0.4, 0.5) is 5.69 Å². The van der Waals surface area contributed by atoms with Gasteiger partial charge >= 0.3 is 5.97 Å². The Morgan fingerprint density at radius 3 is 2.74 bits per heavy atom. The molecule has 2 rings (SSSR count). The van der Waals surface area contributed by atoms with Crippen molar-refractivity contribution < 1.29 is 15.0 Å². The Kier molecular flexibility index (Phi) is 3.19. The molecule has 0 aliphatic heterocycles. The van der Waals surface area contributed by atoms with Gasteiger partial charge in [0.05, 0.1) is 16.8 Å². The van der Waals surface area contributed by atoms with Gasteiger partial charge in [0.1, 0.15) is 0 Å². The lowest BCUT2D eigenvalue weighted by Crippen LogP contribution is -2.05. The third-order valence-corrected chi connectivity index (χ3v) is 2.55. The molecule has 0 amide bonds. The maximum atomic E-state index is 11.4. The van der Waals surface area contributed by atoms with E-state index < -0.39 is 11.7 Å². The average Bonchev–Trinajstić information content (AvgIpc) is 2.68. The number of aromatic nitrogens is 2. The summed E-state index contributed by atoms with van der Waals surface area (Å²) in [6, 6.07) is 3.68. The number of H-pyrrole nitrogens is 2. The van der Waals surface area contributed by atoms with Crippen molar-refractivity contribution in [3.8, 4) is 5.75 Å². The molecule has 0 saturated heterocycles. The highest BCUT2D eigenvalue weighted by molar-refractivity contribution is 5.92. The highest BCUT2D eigenvalue weighted by Gasteiger charge is 2.05. The number of nitrogens with one attached hydrogen (secondary N) is 2. The van der Waals surface area contributed by atoms with Crippen molar-refractivity contribution in [2.24, 2.45) is 4.99 Å². The predicted molar refractivity (Wildman–Crippen MR) is 66.3 cm³/mol. The fraction of sp³-hybridized carbons (Fsp3) is 0.0833. The molecule has 1 aromatic carbocycles. The minimum absolute atomic E-state index is 0.289. The van der Waals surface area contributed by atoms with E-state index in [2.05, 4.69) is 15.2 Å². The number of hydrogen-bond acceptors (Lipinski definition) is 4. The number of aromatic carboxylic acids is 1. The van der Waals surface area contributed by atoms with Gasteiger partial charge in [-0.15, -0.1) is 0 Å². The highest BCUT2D eigenvalue weighted by Crippen LogP contribution is 2.21. The van der Waals surface area contributed by atoms with E-state index in [-0.39, 0.29) is 16.8 Å². The van der Waals surface area contributed by atoms with Crippen molar-refractivity contribution >= 4 is 17.9 Å². The van der Waals surface area contributed by atoms with Gasteiger partial charge in [-0.2, -0.15) is 0 Å². The lowest BCUT2D eigenvalue weighted by Gasteiger charge is -2.09. The van der Waals surface area contributed by atoms with Crippen LogP contribution in [0.1, 0.15) is 21.6 Å². The predicted octanol–water partition coefficient (Wildman–Crippen LogP) is 0.534. The van der Waals surface area contributed by atoms with Crippen molar-refractivity contribution in [2.45, 2.75) is 6.92 Å². The van der Waals surface area contributed by atoms with Crippen LogP contribution in [-0.2, 0) is 0 Å². The van der Waals surface area contributed by atoms with Gasteiger partial charge < -0.3 is 15.3 Å². The third-order valence-electron chi connectivity index (χ3n) is 2.55. The number of aromatic amines is 2. The van der Waals surface area contributed by atoms with Gasteiger partial charge in [-0.1, -0.05) is 11.8 Å². The summed E-state index contributed by atoms with van der Waals surface area (Å²) in [4.78, 5) is 26.2.